The zero-order valence-corrected chi connectivity index (χ0v) is 23.2. The van der Waals surface area contributed by atoms with Gasteiger partial charge in [0.05, 0.1) is 11.9 Å². The van der Waals surface area contributed by atoms with Crippen LogP contribution in [0.1, 0.15) is 18.1 Å². The Hall–Kier alpha value is -3.14. The fourth-order valence-corrected chi connectivity index (χ4v) is 5.29. The predicted molar refractivity (Wildman–Crippen MR) is 148 cm³/mol. The molecule has 0 unspecified atom stereocenters. The Morgan fingerprint density at radius 1 is 0.947 bits per heavy atom. The minimum Gasteiger partial charge on any atom is -0.355 e. The minimum atomic E-state index is -3.95. The smallest absolute Gasteiger partial charge is 0.244 e. The van der Waals surface area contributed by atoms with Gasteiger partial charge >= 0.3 is 0 Å². The van der Waals surface area contributed by atoms with Crippen molar-refractivity contribution in [3.8, 4) is 0 Å². The van der Waals surface area contributed by atoms with Crippen LogP contribution in [0.2, 0.25) is 10.0 Å². The Morgan fingerprint density at radius 2 is 1.55 bits per heavy atom. The van der Waals surface area contributed by atoms with Crippen molar-refractivity contribution in [3.05, 3.63) is 99.8 Å². The Bertz CT molecular complexity index is 1350. The third kappa shape index (κ3) is 7.69. The monoisotopic (exact) mass is 579 g/mol. The highest BCUT2D eigenvalue weighted by Crippen LogP contribution is 2.28. The van der Waals surface area contributed by atoms with Gasteiger partial charge < -0.3 is 10.2 Å². The number of halogens is 3. The second-order valence-electron chi connectivity index (χ2n) is 8.57. The van der Waals surface area contributed by atoms with Crippen molar-refractivity contribution in [2.45, 2.75) is 25.9 Å². The Balaban J connectivity index is 2.08. The molecule has 3 aromatic carbocycles. The molecule has 0 radical (unpaired) electrons. The molecule has 0 aliphatic carbocycles. The summed E-state index contributed by atoms with van der Waals surface area (Å²) < 4.78 is 39.7. The van der Waals surface area contributed by atoms with E-state index in [0.717, 1.165) is 28.3 Å². The average molecular weight is 581 g/mol. The van der Waals surface area contributed by atoms with Gasteiger partial charge in [0.1, 0.15) is 18.4 Å². The molecule has 3 rings (SSSR count). The lowest BCUT2D eigenvalue weighted by Gasteiger charge is -2.33. The minimum absolute atomic E-state index is 0.107. The van der Waals surface area contributed by atoms with Crippen LogP contribution in [-0.4, -0.2) is 50.5 Å². The largest absolute Gasteiger partial charge is 0.355 e. The molecule has 38 heavy (non-hydrogen) atoms. The van der Waals surface area contributed by atoms with Gasteiger partial charge in [0, 0.05) is 35.1 Å². The fraction of sp³-hybridized carbons (Fsp3) is 0.259. The molecule has 0 saturated carbocycles. The normalized spacial score (nSPS) is 12.0. The second kappa shape index (κ2) is 13.1. The topological polar surface area (TPSA) is 86.8 Å². The van der Waals surface area contributed by atoms with E-state index in [2.05, 4.69) is 5.32 Å². The van der Waals surface area contributed by atoms with Gasteiger partial charge in [-0.2, -0.15) is 0 Å². The van der Waals surface area contributed by atoms with Crippen LogP contribution < -0.4 is 9.62 Å². The first kappa shape index (κ1) is 29.4. The molecular weight excluding hydrogens is 552 g/mol. The number of hydrogen-bond donors (Lipinski definition) is 1. The number of nitrogens with zero attached hydrogens (tertiary/aromatic N) is 2. The van der Waals surface area contributed by atoms with E-state index in [0.29, 0.717) is 22.2 Å². The lowest BCUT2D eigenvalue weighted by Crippen LogP contribution is -2.53. The highest BCUT2D eigenvalue weighted by atomic mass is 35.5. The number of rotatable bonds is 11. The summed E-state index contributed by atoms with van der Waals surface area (Å²) in [7, 11) is -3.95. The maximum absolute atomic E-state index is 13.9. The summed E-state index contributed by atoms with van der Waals surface area (Å²) in [6, 6.07) is 17.8. The third-order valence-corrected chi connectivity index (χ3v) is 7.65. The molecule has 0 aliphatic heterocycles. The number of anilines is 1. The van der Waals surface area contributed by atoms with Gasteiger partial charge in [-0.05, 0) is 48.9 Å². The summed E-state index contributed by atoms with van der Waals surface area (Å²) >= 11 is 12.8. The van der Waals surface area contributed by atoms with E-state index < -0.39 is 40.2 Å². The zero-order valence-electron chi connectivity index (χ0n) is 20.9. The first-order valence-corrected chi connectivity index (χ1v) is 14.4. The van der Waals surface area contributed by atoms with E-state index in [-0.39, 0.29) is 18.7 Å². The van der Waals surface area contributed by atoms with Crippen LogP contribution in [0.15, 0.2) is 72.8 Å². The lowest BCUT2D eigenvalue weighted by molar-refractivity contribution is -0.140. The number of likely N-dealkylation sites (N-methyl/N-ethyl adjacent to an activating group) is 1. The van der Waals surface area contributed by atoms with Crippen LogP contribution >= 0.6 is 23.2 Å². The molecule has 202 valence electrons. The van der Waals surface area contributed by atoms with Crippen LogP contribution in [-0.2, 0) is 32.6 Å². The number of carbonyl (C=O) groups excluding carboxylic acids is 2. The van der Waals surface area contributed by atoms with Crippen molar-refractivity contribution in [3.63, 3.8) is 0 Å². The van der Waals surface area contributed by atoms with E-state index in [1.807, 2.05) is 30.3 Å². The summed E-state index contributed by atoms with van der Waals surface area (Å²) in [5, 5.41) is 3.35. The van der Waals surface area contributed by atoms with Crippen molar-refractivity contribution >= 4 is 50.7 Å². The number of amides is 2. The van der Waals surface area contributed by atoms with Gasteiger partial charge in [-0.25, -0.2) is 12.8 Å². The summed E-state index contributed by atoms with van der Waals surface area (Å²) in [6.07, 6.45) is 1.11. The van der Waals surface area contributed by atoms with Crippen molar-refractivity contribution in [2.75, 3.05) is 23.7 Å². The number of hydrogen-bond acceptors (Lipinski definition) is 4. The quantitative estimate of drug-likeness (QED) is 0.357. The molecule has 0 bridgehead atoms. The molecule has 0 aromatic heterocycles. The number of nitrogens with one attached hydrogen (secondary N) is 1. The molecule has 0 aliphatic rings. The molecule has 0 saturated heterocycles. The lowest BCUT2D eigenvalue weighted by atomic mass is 10.0. The predicted octanol–water partition coefficient (Wildman–Crippen LogP) is 4.67. The van der Waals surface area contributed by atoms with Gasteiger partial charge in [-0.1, -0.05) is 59.6 Å². The molecule has 2 amide bonds. The standard InChI is InChI=1S/C27H28Cl2FN3O4S/c1-3-31-27(35)25(16-19-8-5-4-6-9-19)32(17-22-23(28)10-7-11-24(22)29)26(34)18-33(38(2,36)37)21-14-12-20(30)13-15-21/h4-15,25H,3,16-18H2,1-2H3,(H,31,35)/t25-/m0/s1. The molecular formula is C27H28Cl2FN3O4S. The molecule has 1 N–H and O–H groups in total. The highest BCUT2D eigenvalue weighted by Gasteiger charge is 2.33. The van der Waals surface area contributed by atoms with Gasteiger partial charge in [-0.15, -0.1) is 0 Å². The van der Waals surface area contributed by atoms with Crippen LogP contribution in [0.4, 0.5) is 10.1 Å². The first-order valence-electron chi connectivity index (χ1n) is 11.8. The zero-order chi connectivity index (χ0) is 27.9. The summed E-state index contributed by atoms with van der Waals surface area (Å²) in [4.78, 5) is 28.5. The van der Waals surface area contributed by atoms with Gasteiger partial charge in [0.25, 0.3) is 0 Å². The van der Waals surface area contributed by atoms with Crippen molar-refractivity contribution < 1.29 is 22.4 Å². The second-order valence-corrected chi connectivity index (χ2v) is 11.3. The van der Waals surface area contributed by atoms with Crippen molar-refractivity contribution in [1.29, 1.82) is 0 Å². The molecule has 11 heteroatoms. The fourth-order valence-electron chi connectivity index (χ4n) is 3.92. The molecule has 0 heterocycles. The van der Waals surface area contributed by atoms with Crippen LogP contribution in [0.25, 0.3) is 0 Å². The Morgan fingerprint density at radius 3 is 2.11 bits per heavy atom. The van der Waals surface area contributed by atoms with E-state index in [1.54, 1.807) is 25.1 Å². The van der Waals surface area contributed by atoms with Crippen molar-refractivity contribution in [1.82, 2.24) is 10.2 Å². The van der Waals surface area contributed by atoms with Gasteiger partial charge in [-0.3, -0.25) is 13.9 Å². The van der Waals surface area contributed by atoms with Crippen LogP contribution in [0.5, 0.6) is 0 Å². The Kier molecular flexibility index (Phi) is 10.1. The molecule has 1 atom stereocenters. The summed E-state index contributed by atoms with van der Waals surface area (Å²) in [5.41, 5.74) is 1.32. The number of carbonyl (C=O) groups is 2. The SMILES string of the molecule is CCNC(=O)[C@H](Cc1ccccc1)N(Cc1c(Cl)cccc1Cl)C(=O)CN(c1ccc(F)cc1)S(C)(=O)=O. The number of benzene rings is 3. The third-order valence-electron chi connectivity index (χ3n) is 5.81. The van der Waals surface area contributed by atoms with Gasteiger partial charge in [0.15, 0.2) is 0 Å². The van der Waals surface area contributed by atoms with E-state index in [1.165, 1.54) is 17.0 Å². The molecule has 0 spiro atoms. The maximum atomic E-state index is 13.9. The van der Waals surface area contributed by atoms with E-state index in [9.17, 15) is 22.4 Å². The van der Waals surface area contributed by atoms with E-state index >= 15 is 0 Å². The summed E-state index contributed by atoms with van der Waals surface area (Å²) in [6.45, 7) is 1.31. The number of sulfonamides is 1. The maximum Gasteiger partial charge on any atom is 0.244 e. The molecule has 7 nitrogen and oxygen atoms in total. The van der Waals surface area contributed by atoms with Crippen LogP contribution in [0, 0.1) is 5.82 Å². The highest BCUT2D eigenvalue weighted by molar-refractivity contribution is 7.92. The van der Waals surface area contributed by atoms with E-state index in [4.69, 9.17) is 23.2 Å². The van der Waals surface area contributed by atoms with Crippen molar-refractivity contribution in [2.24, 2.45) is 0 Å². The summed E-state index contributed by atoms with van der Waals surface area (Å²) in [5.74, 6) is -1.63. The van der Waals surface area contributed by atoms with Crippen LogP contribution in [0.3, 0.4) is 0 Å². The Labute approximate surface area is 232 Å². The molecule has 3 aromatic rings. The molecule has 0 fully saturated rings. The average Bonchev–Trinajstić information content (AvgIpc) is 2.87. The van der Waals surface area contributed by atoms with Gasteiger partial charge in [0.2, 0.25) is 21.8 Å². The first-order chi connectivity index (χ1) is 18.0.